The Kier molecular flexibility index (Phi) is 4.49. The molecule has 0 bridgehead atoms. The molecular weight excluding hydrogens is 188 g/mol. The Hall–Kier alpha value is -1.69. The molecule has 3 nitrogen and oxygen atoms in total. The minimum Gasteiger partial charge on any atom is -0.481 e. The molecule has 0 aliphatic rings. The van der Waals surface area contributed by atoms with E-state index in [4.69, 9.17) is 11.2 Å². The van der Waals surface area contributed by atoms with Crippen molar-refractivity contribution in [2.24, 2.45) is 0 Å². The van der Waals surface area contributed by atoms with Crippen LogP contribution in [0.25, 0.3) is 0 Å². The lowest BCUT2D eigenvalue weighted by atomic mass is 10.2. The van der Waals surface area contributed by atoms with Gasteiger partial charge in [-0.05, 0) is 12.5 Å². The summed E-state index contributed by atoms with van der Waals surface area (Å²) in [6, 6.07) is 3.78. The van der Waals surface area contributed by atoms with Crippen LogP contribution in [0.2, 0.25) is 0 Å². The van der Waals surface area contributed by atoms with Crippen molar-refractivity contribution in [2.45, 2.75) is 25.8 Å². The number of hydrogen-bond acceptors (Lipinski definition) is 3. The fraction of sp³-hybridized carbons (Fsp3) is 0.417. The number of hydrogen-bond donors (Lipinski definition) is 1. The van der Waals surface area contributed by atoms with Gasteiger partial charge in [-0.15, -0.1) is 6.42 Å². The molecule has 1 atom stereocenters. The summed E-state index contributed by atoms with van der Waals surface area (Å²) in [4.78, 5) is 4.02. The van der Waals surface area contributed by atoms with Crippen molar-refractivity contribution in [3.8, 4) is 18.2 Å². The number of methoxy groups -OCH3 is 1. The lowest BCUT2D eigenvalue weighted by Gasteiger charge is -2.13. The van der Waals surface area contributed by atoms with Gasteiger partial charge in [0.2, 0.25) is 5.88 Å². The van der Waals surface area contributed by atoms with Crippen LogP contribution in [0.15, 0.2) is 18.3 Å². The minimum atomic E-state index is 0.0714. The van der Waals surface area contributed by atoms with Crippen molar-refractivity contribution >= 4 is 5.69 Å². The van der Waals surface area contributed by atoms with Gasteiger partial charge in [0.25, 0.3) is 0 Å². The molecule has 0 saturated heterocycles. The summed E-state index contributed by atoms with van der Waals surface area (Å²) in [7, 11) is 1.59. The molecule has 0 saturated carbocycles. The van der Waals surface area contributed by atoms with Gasteiger partial charge in [0.05, 0.1) is 13.2 Å². The SMILES string of the molecule is C#CC(CCC)Nc1ccnc(OC)c1. The fourth-order valence-corrected chi connectivity index (χ4v) is 1.30. The molecular formula is C12H16N2O. The van der Waals surface area contributed by atoms with Crippen LogP contribution in [0.3, 0.4) is 0 Å². The van der Waals surface area contributed by atoms with Gasteiger partial charge in [-0.25, -0.2) is 4.98 Å². The van der Waals surface area contributed by atoms with E-state index in [9.17, 15) is 0 Å². The Balaban J connectivity index is 2.66. The Morgan fingerprint density at radius 3 is 3.07 bits per heavy atom. The number of nitrogens with one attached hydrogen (secondary N) is 1. The third-order valence-corrected chi connectivity index (χ3v) is 2.06. The molecule has 15 heavy (non-hydrogen) atoms. The summed E-state index contributed by atoms with van der Waals surface area (Å²) >= 11 is 0. The molecule has 0 aromatic carbocycles. The second kappa shape index (κ2) is 5.92. The molecule has 1 heterocycles. The topological polar surface area (TPSA) is 34.2 Å². The highest BCUT2D eigenvalue weighted by atomic mass is 16.5. The number of nitrogens with zero attached hydrogens (tertiary/aromatic N) is 1. The van der Waals surface area contributed by atoms with Crippen LogP contribution in [0.4, 0.5) is 5.69 Å². The molecule has 0 radical (unpaired) electrons. The van der Waals surface area contributed by atoms with E-state index < -0.39 is 0 Å². The van der Waals surface area contributed by atoms with E-state index in [1.165, 1.54) is 0 Å². The summed E-state index contributed by atoms with van der Waals surface area (Å²) in [6.07, 6.45) is 9.13. The predicted molar refractivity (Wildman–Crippen MR) is 61.9 cm³/mol. The van der Waals surface area contributed by atoms with Gasteiger partial charge in [0.15, 0.2) is 0 Å². The van der Waals surface area contributed by atoms with Crippen LogP contribution in [0, 0.1) is 12.3 Å². The van der Waals surface area contributed by atoms with E-state index in [1.807, 2.05) is 12.1 Å². The molecule has 3 heteroatoms. The number of aromatic nitrogens is 1. The number of pyridine rings is 1. The van der Waals surface area contributed by atoms with Crippen LogP contribution in [0.1, 0.15) is 19.8 Å². The van der Waals surface area contributed by atoms with E-state index in [0.29, 0.717) is 5.88 Å². The number of ether oxygens (including phenoxy) is 1. The predicted octanol–water partition coefficient (Wildman–Crippen LogP) is 2.30. The van der Waals surface area contributed by atoms with Crippen molar-refractivity contribution in [2.75, 3.05) is 12.4 Å². The molecule has 0 fully saturated rings. The second-order valence-electron chi connectivity index (χ2n) is 3.24. The van der Waals surface area contributed by atoms with Gasteiger partial charge in [0, 0.05) is 18.0 Å². The maximum absolute atomic E-state index is 5.42. The third kappa shape index (κ3) is 3.51. The smallest absolute Gasteiger partial charge is 0.214 e. The van der Waals surface area contributed by atoms with E-state index in [0.717, 1.165) is 18.5 Å². The maximum Gasteiger partial charge on any atom is 0.214 e. The van der Waals surface area contributed by atoms with Gasteiger partial charge in [-0.2, -0.15) is 0 Å². The summed E-state index contributed by atoms with van der Waals surface area (Å²) in [5, 5.41) is 3.25. The van der Waals surface area contributed by atoms with Gasteiger partial charge in [0.1, 0.15) is 0 Å². The van der Waals surface area contributed by atoms with Crippen LogP contribution >= 0.6 is 0 Å². The molecule has 0 aliphatic heterocycles. The van der Waals surface area contributed by atoms with Crippen molar-refractivity contribution < 1.29 is 4.74 Å². The molecule has 0 spiro atoms. The van der Waals surface area contributed by atoms with Crippen LogP contribution in [0.5, 0.6) is 5.88 Å². The van der Waals surface area contributed by atoms with Gasteiger partial charge < -0.3 is 10.1 Å². The second-order valence-corrected chi connectivity index (χ2v) is 3.24. The highest BCUT2D eigenvalue weighted by Crippen LogP contribution is 2.15. The van der Waals surface area contributed by atoms with Gasteiger partial charge in [-0.3, -0.25) is 0 Å². The van der Waals surface area contributed by atoms with E-state index in [1.54, 1.807) is 13.3 Å². The first kappa shape index (κ1) is 11.4. The number of rotatable bonds is 5. The molecule has 1 unspecified atom stereocenters. The monoisotopic (exact) mass is 204 g/mol. The first-order valence-electron chi connectivity index (χ1n) is 5.02. The van der Waals surface area contributed by atoms with Gasteiger partial charge in [-0.1, -0.05) is 19.3 Å². The van der Waals surface area contributed by atoms with E-state index in [2.05, 4.69) is 23.1 Å². The van der Waals surface area contributed by atoms with Crippen molar-refractivity contribution in [1.29, 1.82) is 0 Å². The van der Waals surface area contributed by atoms with E-state index >= 15 is 0 Å². The Labute approximate surface area is 90.9 Å². The maximum atomic E-state index is 5.42. The average Bonchev–Trinajstić information content (AvgIpc) is 2.29. The van der Waals surface area contributed by atoms with Crippen molar-refractivity contribution in [1.82, 2.24) is 4.98 Å². The first-order chi connectivity index (χ1) is 7.30. The molecule has 0 aliphatic carbocycles. The zero-order chi connectivity index (χ0) is 11.1. The highest BCUT2D eigenvalue weighted by molar-refractivity contribution is 5.47. The fourth-order valence-electron chi connectivity index (χ4n) is 1.30. The van der Waals surface area contributed by atoms with Crippen LogP contribution in [-0.2, 0) is 0 Å². The van der Waals surface area contributed by atoms with Crippen LogP contribution < -0.4 is 10.1 Å². The van der Waals surface area contributed by atoms with Crippen molar-refractivity contribution in [3.63, 3.8) is 0 Å². The van der Waals surface area contributed by atoms with E-state index in [-0.39, 0.29) is 6.04 Å². The summed E-state index contributed by atoms with van der Waals surface area (Å²) in [5.41, 5.74) is 0.943. The minimum absolute atomic E-state index is 0.0714. The van der Waals surface area contributed by atoms with Crippen molar-refractivity contribution in [3.05, 3.63) is 18.3 Å². The summed E-state index contributed by atoms with van der Waals surface area (Å²) < 4.78 is 5.03. The Bertz CT molecular complexity index is 344. The molecule has 1 N–H and O–H groups in total. The largest absolute Gasteiger partial charge is 0.481 e. The third-order valence-electron chi connectivity index (χ3n) is 2.06. The van der Waals surface area contributed by atoms with Crippen LogP contribution in [-0.4, -0.2) is 18.1 Å². The standard InChI is InChI=1S/C12H16N2O/c1-4-6-10(5-2)14-11-7-8-13-12(9-11)15-3/h2,7-10H,4,6H2,1,3H3,(H,13,14). The first-order valence-corrected chi connectivity index (χ1v) is 5.02. The number of terminal acetylenes is 1. The Morgan fingerprint density at radius 1 is 1.67 bits per heavy atom. The van der Waals surface area contributed by atoms with Gasteiger partial charge >= 0.3 is 0 Å². The average molecular weight is 204 g/mol. The normalized spacial score (nSPS) is 11.5. The quantitative estimate of drug-likeness (QED) is 0.747. The molecule has 1 aromatic rings. The number of anilines is 1. The zero-order valence-electron chi connectivity index (χ0n) is 9.16. The summed E-state index contributed by atoms with van der Waals surface area (Å²) in [5.74, 6) is 3.31. The lowest BCUT2D eigenvalue weighted by molar-refractivity contribution is 0.398. The highest BCUT2D eigenvalue weighted by Gasteiger charge is 2.03. The molecule has 80 valence electrons. The lowest BCUT2D eigenvalue weighted by Crippen LogP contribution is -2.16. The summed E-state index contributed by atoms with van der Waals surface area (Å²) in [6.45, 7) is 2.11. The molecule has 0 amide bonds. The molecule has 1 rings (SSSR count). The Morgan fingerprint density at radius 2 is 2.47 bits per heavy atom. The molecule has 1 aromatic heterocycles. The zero-order valence-corrected chi connectivity index (χ0v) is 9.16.